The van der Waals surface area contributed by atoms with E-state index in [1.165, 1.54) is 0 Å². The number of para-hydroxylation sites is 1. The summed E-state index contributed by atoms with van der Waals surface area (Å²) in [5, 5.41) is 8.08. The summed E-state index contributed by atoms with van der Waals surface area (Å²) in [6, 6.07) is 5.83. The van der Waals surface area contributed by atoms with Gasteiger partial charge in [0, 0.05) is 6.54 Å². The number of rotatable bonds is 2. The van der Waals surface area contributed by atoms with Crippen LogP contribution in [0.1, 0.15) is 6.92 Å². The Kier molecular flexibility index (Phi) is 2.44. The summed E-state index contributed by atoms with van der Waals surface area (Å²) in [4.78, 5) is 0. The number of hydrogen-bond donors (Lipinski definition) is 0. The maximum absolute atomic E-state index is 5.67. The molecule has 0 fully saturated rings. The Hall–Kier alpha value is -2.04. The second kappa shape index (κ2) is 4.08. The molecule has 5 heteroatoms. The number of aryl methyl sites for hydroxylation is 1. The van der Waals surface area contributed by atoms with Crippen LogP contribution in [0.2, 0.25) is 0 Å². The standard InChI is InChI=1S/C12H13N3O2/c1-2-15-8-13-14-12(15)9-4-3-5-10-11(9)17-7-6-16-10/h3-5,8H,2,6-7H2,1H3. The van der Waals surface area contributed by atoms with Crippen molar-refractivity contribution in [2.45, 2.75) is 13.5 Å². The fourth-order valence-corrected chi connectivity index (χ4v) is 1.94. The van der Waals surface area contributed by atoms with Crippen LogP contribution >= 0.6 is 0 Å². The van der Waals surface area contributed by atoms with Crippen molar-refractivity contribution in [2.24, 2.45) is 0 Å². The molecule has 0 amide bonds. The van der Waals surface area contributed by atoms with Gasteiger partial charge >= 0.3 is 0 Å². The molecule has 5 nitrogen and oxygen atoms in total. The van der Waals surface area contributed by atoms with Gasteiger partial charge in [-0.1, -0.05) is 6.07 Å². The number of hydrogen-bond acceptors (Lipinski definition) is 4. The number of aromatic nitrogens is 3. The van der Waals surface area contributed by atoms with Gasteiger partial charge in [0.05, 0.1) is 5.56 Å². The molecule has 0 radical (unpaired) electrons. The van der Waals surface area contributed by atoms with Crippen molar-refractivity contribution in [1.29, 1.82) is 0 Å². The van der Waals surface area contributed by atoms with Crippen LogP contribution in [-0.2, 0) is 6.54 Å². The van der Waals surface area contributed by atoms with Crippen molar-refractivity contribution in [3.05, 3.63) is 24.5 Å². The maximum Gasteiger partial charge on any atom is 0.172 e. The summed E-state index contributed by atoms with van der Waals surface area (Å²) in [5.74, 6) is 2.36. The predicted octanol–water partition coefficient (Wildman–Crippen LogP) is 1.74. The van der Waals surface area contributed by atoms with Gasteiger partial charge < -0.3 is 14.0 Å². The lowest BCUT2D eigenvalue weighted by atomic mass is 10.1. The smallest absolute Gasteiger partial charge is 0.172 e. The second-order valence-electron chi connectivity index (χ2n) is 3.77. The molecule has 88 valence electrons. The molecule has 0 saturated carbocycles. The molecule has 0 unspecified atom stereocenters. The largest absolute Gasteiger partial charge is 0.486 e. The predicted molar refractivity (Wildman–Crippen MR) is 62.1 cm³/mol. The fourth-order valence-electron chi connectivity index (χ4n) is 1.94. The summed E-state index contributed by atoms with van der Waals surface area (Å²) in [6.45, 7) is 4.05. The second-order valence-corrected chi connectivity index (χ2v) is 3.77. The summed E-state index contributed by atoms with van der Waals surface area (Å²) in [7, 11) is 0. The van der Waals surface area contributed by atoms with E-state index in [0.29, 0.717) is 13.2 Å². The quantitative estimate of drug-likeness (QED) is 0.789. The van der Waals surface area contributed by atoms with Crippen LogP contribution in [-0.4, -0.2) is 28.0 Å². The van der Waals surface area contributed by atoms with Gasteiger partial charge in [0.15, 0.2) is 17.3 Å². The average Bonchev–Trinajstić information content (AvgIpc) is 2.86. The van der Waals surface area contributed by atoms with Crippen LogP contribution in [0.5, 0.6) is 11.5 Å². The summed E-state index contributed by atoms with van der Waals surface area (Å²) in [6.07, 6.45) is 1.72. The molecule has 1 aliphatic heterocycles. The van der Waals surface area contributed by atoms with Gasteiger partial charge in [-0.3, -0.25) is 0 Å². The lowest BCUT2D eigenvalue weighted by molar-refractivity contribution is 0.172. The van der Waals surface area contributed by atoms with Crippen LogP contribution in [0.25, 0.3) is 11.4 Å². The third kappa shape index (κ3) is 1.63. The first-order valence-electron chi connectivity index (χ1n) is 5.67. The van der Waals surface area contributed by atoms with Crippen molar-refractivity contribution in [3.63, 3.8) is 0 Å². The van der Waals surface area contributed by atoms with Crippen molar-refractivity contribution >= 4 is 0 Å². The molecular formula is C12H13N3O2. The highest BCUT2D eigenvalue weighted by Gasteiger charge is 2.19. The average molecular weight is 231 g/mol. The SMILES string of the molecule is CCn1cnnc1-c1cccc2c1OCCO2. The van der Waals surface area contributed by atoms with Crippen molar-refractivity contribution < 1.29 is 9.47 Å². The Bertz CT molecular complexity index is 536. The minimum Gasteiger partial charge on any atom is -0.486 e. The topological polar surface area (TPSA) is 49.2 Å². The monoisotopic (exact) mass is 231 g/mol. The fraction of sp³-hybridized carbons (Fsp3) is 0.333. The van der Waals surface area contributed by atoms with E-state index < -0.39 is 0 Å². The highest BCUT2D eigenvalue weighted by molar-refractivity contribution is 5.69. The first-order chi connectivity index (χ1) is 8.40. The molecule has 0 atom stereocenters. The van der Waals surface area contributed by atoms with E-state index in [2.05, 4.69) is 17.1 Å². The van der Waals surface area contributed by atoms with Gasteiger partial charge in [0.2, 0.25) is 0 Å². The first kappa shape index (κ1) is 10.1. The van der Waals surface area contributed by atoms with Gasteiger partial charge in [0.25, 0.3) is 0 Å². The van der Waals surface area contributed by atoms with Gasteiger partial charge in [-0.2, -0.15) is 0 Å². The Labute approximate surface area is 99.0 Å². The molecule has 17 heavy (non-hydrogen) atoms. The number of fused-ring (bicyclic) bond motifs is 1. The minimum absolute atomic E-state index is 0.574. The molecule has 2 aromatic rings. The van der Waals surface area contributed by atoms with E-state index >= 15 is 0 Å². The Balaban J connectivity index is 2.14. The van der Waals surface area contributed by atoms with E-state index in [4.69, 9.17) is 9.47 Å². The molecule has 0 saturated heterocycles. The van der Waals surface area contributed by atoms with Crippen LogP contribution < -0.4 is 9.47 Å². The zero-order valence-corrected chi connectivity index (χ0v) is 9.59. The molecule has 3 rings (SSSR count). The highest BCUT2D eigenvalue weighted by Crippen LogP contribution is 2.38. The third-order valence-corrected chi connectivity index (χ3v) is 2.76. The van der Waals surface area contributed by atoms with Gasteiger partial charge in [0.1, 0.15) is 19.5 Å². The summed E-state index contributed by atoms with van der Waals surface area (Å²) < 4.78 is 13.2. The van der Waals surface area contributed by atoms with E-state index in [1.807, 2.05) is 22.8 Å². The molecule has 1 aromatic carbocycles. The summed E-state index contributed by atoms with van der Waals surface area (Å²) >= 11 is 0. The summed E-state index contributed by atoms with van der Waals surface area (Å²) in [5.41, 5.74) is 0.932. The van der Waals surface area contributed by atoms with Gasteiger partial charge in [-0.15, -0.1) is 10.2 Å². The molecule has 0 aliphatic carbocycles. The molecule has 0 spiro atoms. The van der Waals surface area contributed by atoms with E-state index in [-0.39, 0.29) is 0 Å². The van der Waals surface area contributed by atoms with Crippen LogP contribution in [0, 0.1) is 0 Å². The highest BCUT2D eigenvalue weighted by atomic mass is 16.6. The number of ether oxygens (including phenoxy) is 2. The molecule has 1 aromatic heterocycles. The van der Waals surface area contributed by atoms with Crippen LogP contribution in [0.15, 0.2) is 24.5 Å². The maximum atomic E-state index is 5.67. The Morgan fingerprint density at radius 3 is 3.06 bits per heavy atom. The third-order valence-electron chi connectivity index (χ3n) is 2.76. The van der Waals surface area contributed by atoms with E-state index in [9.17, 15) is 0 Å². The van der Waals surface area contributed by atoms with Gasteiger partial charge in [-0.05, 0) is 19.1 Å². The lowest BCUT2D eigenvalue weighted by Crippen LogP contribution is -2.16. The zero-order valence-electron chi connectivity index (χ0n) is 9.59. The molecule has 0 bridgehead atoms. The van der Waals surface area contributed by atoms with Crippen molar-refractivity contribution in [3.8, 4) is 22.9 Å². The lowest BCUT2D eigenvalue weighted by Gasteiger charge is -2.20. The van der Waals surface area contributed by atoms with E-state index in [0.717, 1.165) is 29.4 Å². The molecule has 1 aliphatic rings. The minimum atomic E-state index is 0.574. The van der Waals surface area contributed by atoms with Crippen molar-refractivity contribution in [1.82, 2.24) is 14.8 Å². The molecule has 0 N–H and O–H groups in total. The number of nitrogens with zero attached hydrogens (tertiary/aromatic N) is 3. The zero-order chi connectivity index (χ0) is 11.7. The number of benzene rings is 1. The van der Waals surface area contributed by atoms with Crippen molar-refractivity contribution in [2.75, 3.05) is 13.2 Å². The van der Waals surface area contributed by atoms with Gasteiger partial charge in [-0.25, -0.2) is 0 Å². The van der Waals surface area contributed by atoms with E-state index in [1.54, 1.807) is 6.33 Å². The molecular weight excluding hydrogens is 218 g/mol. The Morgan fingerprint density at radius 2 is 2.18 bits per heavy atom. The van der Waals surface area contributed by atoms with Crippen LogP contribution in [0.4, 0.5) is 0 Å². The van der Waals surface area contributed by atoms with Crippen LogP contribution in [0.3, 0.4) is 0 Å². The first-order valence-corrected chi connectivity index (χ1v) is 5.67. The molecule has 2 heterocycles. The Morgan fingerprint density at radius 1 is 1.29 bits per heavy atom. The normalized spacial score (nSPS) is 13.7.